The molecule has 0 unspecified atom stereocenters. The highest BCUT2D eigenvalue weighted by atomic mass is 17.4. The summed E-state index contributed by atoms with van der Waals surface area (Å²) in [5.41, 5.74) is -0.146. The molecule has 4 nitrogen and oxygen atoms in total. The average molecular weight is 228 g/mol. The molecule has 2 heterocycles. The van der Waals surface area contributed by atoms with Gasteiger partial charge in [-0.2, -0.15) is 9.78 Å². The highest BCUT2D eigenvalue weighted by Gasteiger charge is 2.70. The summed E-state index contributed by atoms with van der Waals surface area (Å²) in [7, 11) is 0. The summed E-state index contributed by atoms with van der Waals surface area (Å²) in [5.74, 6) is -0.596. The van der Waals surface area contributed by atoms with E-state index in [0.29, 0.717) is 0 Å². The van der Waals surface area contributed by atoms with E-state index in [2.05, 4.69) is 58.7 Å². The molecule has 2 aliphatic rings. The average Bonchev–Trinajstić information content (AvgIpc) is 2.73. The maximum Gasteiger partial charge on any atom is 0.308 e. The zero-order chi connectivity index (χ0) is 12.4. The quantitative estimate of drug-likeness (QED) is 0.507. The Morgan fingerprint density at radius 3 is 1.94 bits per heavy atom. The minimum Gasteiger partial charge on any atom is -0.299 e. The van der Waals surface area contributed by atoms with Gasteiger partial charge in [0, 0.05) is 17.6 Å². The van der Waals surface area contributed by atoms with Crippen molar-refractivity contribution in [3.8, 4) is 0 Å². The van der Waals surface area contributed by atoms with Crippen molar-refractivity contribution in [2.45, 2.75) is 71.0 Å². The summed E-state index contributed by atoms with van der Waals surface area (Å²) >= 11 is 0. The molecule has 94 valence electrons. The molecule has 0 amide bonds. The topological polar surface area (TPSA) is 40.3 Å². The second kappa shape index (κ2) is 2.99. The Bertz CT molecular complexity index is 297. The molecule has 0 atom stereocenters. The van der Waals surface area contributed by atoms with Gasteiger partial charge in [-0.05, 0) is 48.5 Å². The van der Waals surface area contributed by atoms with Gasteiger partial charge < -0.3 is 0 Å². The maximum absolute atomic E-state index is 5.35. The first-order valence-electron chi connectivity index (χ1n) is 5.94. The zero-order valence-electron chi connectivity index (χ0n) is 11.5. The van der Waals surface area contributed by atoms with E-state index < -0.39 is 5.91 Å². The van der Waals surface area contributed by atoms with Crippen LogP contribution < -0.4 is 5.32 Å². The van der Waals surface area contributed by atoms with E-state index >= 15 is 0 Å². The number of nitrogens with one attached hydrogen (secondary N) is 1. The normalized spacial score (nSPS) is 31.7. The Morgan fingerprint density at radius 1 is 1.06 bits per heavy atom. The Hall–Kier alpha value is -0.160. The molecule has 0 aromatic rings. The molecule has 4 heteroatoms. The van der Waals surface area contributed by atoms with Crippen LogP contribution in [-0.2, 0) is 9.78 Å². The van der Waals surface area contributed by atoms with Gasteiger partial charge in [0.05, 0.1) is 5.54 Å². The number of rotatable bonds is 0. The van der Waals surface area contributed by atoms with E-state index in [9.17, 15) is 0 Å². The molecule has 2 saturated heterocycles. The van der Waals surface area contributed by atoms with E-state index in [0.717, 1.165) is 6.54 Å². The van der Waals surface area contributed by atoms with Gasteiger partial charge in [0.1, 0.15) is 0 Å². The molecule has 2 fully saturated rings. The van der Waals surface area contributed by atoms with Gasteiger partial charge in [-0.15, -0.1) is 0 Å². The molecule has 1 spiro atoms. The summed E-state index contributed by atoms with van der Waals surface area (Å²) in [6.45, 7) is 16.1. The summed E-state index contributed by atoms with van der Waals surface area (Å²) in [6.07, 6.45) is 0. The van der Waals surface area contributed by atoms with Gasteiger partial charge in [0.15, 0.2) is 0 Å². The molecular formula is C12H24N2O2. The largest absolute Gasteiger partial charge is 0.308 e. The van der Waals surface area contributed by atoms with Crippen molar-refractivity contribution < 1.29 is 9.78 Å². The SMILES string of the molecule is CC1(C)CN(C(C)(C)C)C2(OO2)C(C)(C)N1. The minimum atomic E-state index is -0.596. The van der Waals surface area contributed by atoms with Crippen LogP contribution in [0.15, 0.2) is 0 Å². The van der Waals surface area contributed by atoms with Crippen molar-refractivity contribution in [2.24, 2.45) is 0 Å². The highest BCUT2D eigenvalue weighted by Crippen LogP contribution is 2.50. The molecule has 0 aliphatic carbocycles. The van der Waals surface area contributed by atoms with Gasteiger partial charge in [-0.1, -0.05) is 0 Å². The Morgan fingerprint density at radius 2 is 1.56 bits per heavy atom. The molecule has 1 N–H and O–H groups in total. The lowest BCUT2D eigenvalue weighted by Gasteiger charge is -2.54. The molecule has 0 bridgehead atoms. The Kier molecular flexibility index (Phi) is 2.30. The summed E-state index contributed by atoms with van der Waals surface area (Å²) < 4.78 is 0. The van der Waals surface area contributed by atoms with Crippen LogP contribution in [-0.4, -0.2) is 34.0 Å². The van der Waals surface area contributed by atoms with Crippen LogP contribution in [0.5, 0.6) is 0 Å². The Balaban J connectivity index is 2.36. The van der Waals surface area contributed by atoms with Crippen molar-refractivity contribution in [1.29, 1.82) is 0 Å². The second-order valence-corrected chi connectivity index (χ2v) is 7.14. The Labute approximate surface area is 98.2 Å². The lowest BCUT2D eigenvalue weighted by Crippen LogP contribution is -2.76. The van der Waals surface area contributed by atoms with Crippen LogP contribution in [0.1, 0.15) is 48.5 Å². The monoisotopic (exact) mass is 228 g/mol. The van der Waals surface area contributed by atoms with Crippen LogP contribution in [0, 0.1) is 0 Å². The summed E-state index contributed by atoms with van der Waals surface area (Å²) in [4.78, 5) is 13.0. The summed E-state index contributed by atoms with van der Waals surface area (Å²) in [6, 6.07) is 0. The molecular weight excluding hydrogens is 204 g/mol. The van der Waals surface area contributed by atoms with Gasteiger partial charge in [0.2, 0.25) is 0 Å². The fourth-order valence-corrected chi connectivity index (χ4v) is 2.82. The van der Waals surface area contributed by atoms with E-state index in [1.54, 1.807) is 0 Å². The highest BCUT2D eigenvalue weighted by molar-refractivity contribution is 5.10. The van der Waals surface area contributed by atoms with Crippen LogP contribution in [0.25, 0.3) is 0 Å². The van der Waals surface area contributed by atoms with Gasteiger partial charge in [-0.25, -0.2) is 4.90 Å². The van der Waals surface area contributed by atoms with Crippen molar-refractivity contribution >= 4 is 0 Å². The van der Waals surface area contributed by atoms with Crippen molar-refractivity contribution in [3.05, 3.63) is 0 Å². The molecule has 16 heavy (non-hydrogen) atoms. The smallest absolute Gasteiger partial charge is 0.299 e. The second-order valence-electron chi connectivity index (χ2n) is 7.14. The van der Waals surface area contributed by atoms with E-state index in [-0.39, 0.29) is 16.6 Å². The number of piperazine rings is 1. The lowest BCUT2D eigenvalue weighted by atomic mass is 9.85. The molecule has 0 saturated carbocycles. The fraction of sp³-hybridized carbons (Fsp3) is 1.00. The maximum atomic E-state index is 5.35. The van der Waals surface area contributed by atoms with E-state index in [1.165, 1.54) is 0 Å². The van der Waals surface area contributed by atoms with Crippen molar-refractivity contribution in [3.63, 3.8) is 0 Å². The molecule has 0 radical (unpaired) electrons. The van der Waals surface area contributed by atoms with Gasteiger partial charge >= 0.3 is 5.91 Å². The summed E-state index contributed by atoms with van der Waals surface area (Å²) in [5, 5.41) is 3.60. The molecule has 2 rings (SSSR count). The van der Waals surface area contributed by atoms with Crippen LogP contribution in [0.4, 0.5) is 0 Å². The molecule has 0 aromatic heterocycles. The standard InChI is InChI=1S/C12H24N2O2/c1-9(2,3)14-8-10(4,5)13-11(6,7)12(14)15-16-12/h13H,8H2,1-7H3. The van der Waals surface area contributed by atoms with Gasteiger partial charge in [-0.3, -0.25) is 5.32 Å². The van der Waals surface area contributed by atoms with E-state index in [1.807, 2.05) is 0 Å². The van der Waals surface area contributed by atoms with Crippen molar-refractivity contribution in [2.75, 3.05) is 6.54 Å². The lowest BCUT2D eigenvalue weighted by molar-refractivity contribution is -0.114. The first-order chi connectivity index (χ1) is 7.00. The molecule has 2 aliphatic heterocycles. The first-order valence-corrected chi connectivity index (χ1v) is 5.94. The van der Waals surface area contributed by atoms with Crippen LogP contribution in [0.3, 0.4) is 0 Å². The minimum absolute atomic E-state index is 0.0210. The predicted octanol–water partition coefficient (Wildman–Crippen LogP) is 1.86. The van der Waals surface area contributed by atoms with Crippen LogP contribution >= 0.6 is 0 Å². The number of hydrogen-bond donors (Lipinski definition) is 1. The number of nitrogens with zero attached hydrogens (tertiary/aromatic N) is 1. The molecule has 0 aromatic carbocycles. The van der Waals surface area contributed by atoms with Gasteiger partial charge in [0.25, 0.3) is 0 Å². The van der Waals surface area contributed by atoms with Crippen LogP contribution in [0.2, 0.25) is 0 Å². The first kappa shape index (κ1) is 12.3. The predicted molar refractivity (Wildman–Crippen MR) is 62.7 cm³/mol. The number of hydrogen-bond acceptors (Lipinski definition) is 4. The van der Waals surface area contributed by atoms with E-state index in [4.69, 9.17) is 9.78 Å². The fourth-order valence-electron chi connectivity index (χ4n) is 2.82. The van der Waals surface area contributed by atoms with Crippen molar-refractivity contribution in [1.82, 2.24) is 10.2 Å². The zero-order valence-corrected chi connectivity index (χ0v) is 11.5. The third kappa shape index (κ3) is 1.68. The third-order valence-electron chi connectivity index (χ3n) is 3.40. The third-order valence-corrected chi connectivity index (χ3v) is 3.40.